The number of hydrogen-bond donors (Lipinski definition) is 1. The molecule has 1 heterocycles. The van der Waals surface area contributed by atoms with E-state index in [1.54, 1.807) is 13.3 Å². The van der Waals surface area contributed by atoms with E-state index < -0.39 is 0 Å². The van der Waals surface area contributed by atoms with E-state index in [0.717, 1.165) is 27.7 Å². The molecule has 0 radical (unpaired) electrons. The summed E-state index contributed by atoms with van der Waals surface area (Å²) in [4.78, 5) is 4.53. The first kappa shape index (κ1) is 17.1. The first-order chi connectivity index (χ1) is 12.3. The normalized spacial score (nSPS) is 10.9. The van der Waals surface area contributed by atoms with Crippen LogP contribution in [0.25, 0.3) is 11.3 Å². The summed E-state index contributed by atoms with van der Waals surface area (Å²) in [6.07, 6.45) is 1.75. The van der Waals surface area contributed by atoms with Crippen LogP contribution in [0.3, 0.4) is 0 Å². The Labute approximate surface area is 151 Å². The van der Waals surface area contributed by atoms with Crippen LogP contribution in [-0.2, 0) is 4.74 Å². The van der Waals surface area contributed by atoms with Crippen molar-refractivity contribution in [3.63, 3.8) is 0 Å². The number of benzene rings is 2. The topological polar surface area (TPSA) is 55.7 Å². The summed E-state index contributed by atoms with van der Waals surface area (Å²) >= 11 is 1.53. The van der Waals surface area contributed by atoms with Gasteiger partial charge in [0.15, 0.2) is 0 Å². The molecule has 0 atom stereocenters. The van der Waals surface area contributed by atoms with Crippen LogP contribution < -0.4 is 10.2 Å². The summed E-state index contributed by atoms with van der Waals surface area (Å²) in [7, 11) is 1.65. The molecule has 3 aromatic rings. The quantitative estimate of drug-likeness (QED) is 0.373. The van der Waals surface area contributed by atoms with Crippen LogP contribution in [0.2, 0.25) is 0 Å². The summed E-state index contributed by atoms with van der Waals surface area (Å²) in [5.41, 5.74) is 5.99. The molecule has 0 saturated carbocycles. The second kappa shape index (κ2) is 8.96. The molecule has 128 valence electrons. The van der Waals surface area contributed by atoms with Gasteiger partial charge in [0, 0.05) is 18.1 Å². The number of hydrazone groups is 1. The average Bonchev–Trinajstić information content (AvgIpc) is 3.13. The number of nitrogens with one attached hydrogen (secondary N) is 1. The SMILES string of the molecule is COCCOc1ccc(C=NNc2nc(-c3ccccc3)cs2)cc1. The lowest BCUT2D eigenvalue weighted by Gasteiger charge is -2.05. The summed E-state index contributed by atoms with van der Waals surface area (Å²) in [5.74, 6) is 0.814. The van der Waals surface area contributed by atoms with Crippen LogP contribution in [-0.4, -0.2) is 31.5 Å². The third-order valence-corrected chi connectivity index (χ3v) is 4.13. The Kier molecular flexibility index (Phi) is 6.14. The zero-order valence-corrected chi connectivity index (χ0v) is 14.7. The Hall–Kier alpha value is -2.70. The van der Waals surface area contributed by atoms with E-state index in [4.69, 9.17) is 9.47 Å². The second-order valence-corrected chi connectivity index (χ2v) is 6.04. The smallest absolute Gasteiger partial charge is 0.203 e. The van der Waals surface area contributed by atoms with E-state index in [9.17, 15) is 0 Å². The highest BCUT2D eigenvalue weighted by molar-refractivity contribution is 7.14. The number of hydrogen-bond acceptors (Lipinski definition) is 6. The van der Waals surface area contributed by atoms with Crippen LogP contribution in [0.4, 0.5) is 5.13 Å². The molecular weight excluding hydrogens is 334 g/mol. The van der Waals surface area contributed by atoms with Crippen molar-refractivity contribution in [2.75, 3.05) is 25.7 Å². The Bertz CT molecular complexity index is 801. The Balaban J connectivity index is 1.54. The second-order valence-electron chi connectivity index (χ2n) is 5.18. The molecule has 3 rings (SSSR count). The van der Waals surface area contributed by atoms with Gasteiger partial charge in [-0.2, -0.15) is 5.10 Å². The molecular formula is C19H19N3O2S. The number of methoxy groups -OCH3 is 1. The molecule has 0 amide bonds. The van der Waals surface area contributed by atoms with Gasteiger partial charge in [-0.15, -0.1) is 11.3 Å². The van der Waals surface area contributed by atoms with Gasteiger partial charge in [0.05, 0.1) is 18.5 Å². The fraction of sp³-hybridized carbons (Fsp3) is 0.158. The maximum atomic E-state index is 5.53. The maximum Gasteiger partial charge on any atom is 0.203 e. The van der Waals surface area contributed by atoms with E-state index in [1.165, 1.54) is 11.3 Å². The number of nitrogens with zero attached hydrogens (tertiary/aromatic N) is 2. The van der Waals surface area contributed by atoms with Gasteiger partial charge in [0.25, 0.3) is 0 Å². The maximum absolute atomic E-state index is 5.53. The molecule has 0 spiro atoms. The van der Waals surface area contributed by atoms with E-state index in [1.807, 2.05) is 60.0 Å². The minimum absolute atomic E-state index is 0.541. The van der Waals surface area contributed by atoms with Crippen molar-refractivity contribution in [3.05, 3.63) is 65.5 Å². The molecule has 0 bridgehead atoms. The molecule has 2 aromatic carbocycles. The van der Waals surface area contributed by atoms with Gasteiger partial charge in [-0.25, -0.2) is 4.98 Å². The fourth-order valence-electron chi connectivity index (χ4n) is 2.12. The van der Waals surface area contributed by atoms with Gasteiger partial charge in [-0.1, -0.05) is 30.3 Å². The zero-order chi connectivity index (χ0) is 17.3. The Morgan fingerprint density at radius 3 is 2.64 bits per heavy atom. The van der Waals surface area contributed by atoms with Crippen LogP contribution in [0, 0.1) is 0 Å². The largest absolute Gasteiger partial charge is 0.491 e. The molecule has 5 nitrogen and oxygen atoms in total. The lowest BCUT2D eigenvalue weighted by Crippen LogP contribution is -2.04. The Morgan fingerprint density at radius 2 is 1.88 bits per heavy atom. The van der Waals surface area contributed by atoms with Crippen molar-refractivity contribution in [1.82, 2.24) is 4.98 Å². The van der Waals surface area contributed by atoms with Crippen molar-refractivity contribution in [1.29, 1.82) is 0 Å². The van der Waals surface area contributed by atoms with Gasteiger partial charge in [0.1, 0.15) is 12.4 Å². The van der Waals surface area contributed by atoms with Crippen molar-refractivity contribution in [3.8, 4) is 17.0 Å². The van der Waals surface area contributed by atoms with Crippen molar-refractivity contribution in [2.24, 2.45) is 5.10 Å². The number of aromatic nitrogens is 1. The Morgan fingerprint density at radius 1 is 1.08 bits per heavy atom. The van der Waals surface area contributed by atoms with Gasteiger partial charge in [-0.3, -0.25) is 5.43 Å². The van der Waals surface area contributed by atoms with Crippen molar-refractivity contribution >= 4 is 22.7 Å². The highest BCUT2D eigenvalue weighted by Gasteiger charge is 2.02. The van der Waals surface area contributed by atoms with Crippen LogP contribution in [0.1, 0.15) is 5.56 Å². The van der Waals surface area contributed by atoms with Crippen LogP contribution in [0.5, 0.6) is 5.75 Å². The van der Waals surface area contributed by atoms with E-state index in [-0.39, 0.29) is 0 Å². The molecule has 6 heteroatoms. The van der Waals surface area contributed by atoms with Crippen LogP contribution in [0.15, 0.2) is 65.1 Å². The molecule has 0 fully saturated rings. The predicted molar refractivity (Wildman–Crippen MR) is 103 cm³/mol. The van der Waals surface area contributed by atoms with Crippen LogP contribution >= 0.6 is 11.3 Å². The van der Waals surface area contributed by atoms with Gasteiger partial charge in [0.2, 0.25) is 5.13 Å². The summed E-state index contributed by atoms with van der Waals surface area (Å²) in [6, 6.07) is 17.8. The van der Waals surface area contributed by atoms with E-state index in [2.05, 4.69) is 15.5 Å². The summed E-state index contributed by atoms with van der Waals surface area (Å²) in [6.45, 7) is 1.12. The summed E-state index contributed by atoms with van der Waals surface area (Å²) in [5, 5.41) is 7.01. The summed E-state index contributed by atoms with van der Waals surface area (Å²) < 4.78 is 10.5. The lowest BCUT2D eigenvalue weighted by molar-refractivity contribution is 0.146. The highest BCUT2D eigenvalue weighted by atomic mass is 32.1. The molecule has 0 unspecified atom stereocenters. The monoisotopic (exact) mass is 353 g/mol. The molecule has 0 aliphatic carbocycles. The van der Waals surface area contributed by atoms with E-state index in [0.29, 0.717) is 13.2 Å². The fourth-order valence-corrected chi connectivity index (χ4v) is 2.79. The van der Waals surface area contributed by atoms with Crippen molar-refractivity contribution < 1.29 is 9.47 Å². The molecule has 1 aromatic heterocycles. The molecule has 0 saturated heterocycles. The third-order valence-electron chi connectivity index (χ3n) is 3.38. The molecule has 25 heavy (non-hydrogen) atoms. The number of ether oxygens (including phenoxy) is 2. The standard InChI is InChI=1S/C19H19N3O2S/c1-23-11-12-24-17-9-7-15(8-10-17)13-20-22-19-21-18(14-25-19)16-5-3-2-4-6-16/h2-10,13-14H,11-12H2,1H3,(H,21,22). The van der Waals surface area contributed by atoms with Gasteiger partial charge in [-0.05, 0) is 29.8 Å². The third kappa shape index (κ3) is 5.14. The molecule has 0 aliphatic heterocycles. The van der Waals surface area contributed by atoms with Crippen molar-refractivity contribution in [2.45, 2.75) is 0 Å². The number of thiazole rings is 1. The minimum atomic E-state index is 0.541. The average molecular weight is 353 g/mol. The zero-order valence-electron chi connectivity index (χ0n) is 13.9. The number of rotatable bonds is 8. The highest BCUT2D eigenvalue weighted by Crippen LogP contribution is 2.24. The lowest BCUT2D eigenvalue weighted by atomic mass is 10.2. The predicted octanol–water partition coefficient (Wildman–Crippen LogP) is 4.28. The first-order valence-electron chi connectivity index (χ1n) is 7.87. The van der Waals surface area contributed by atoms with E-state index >= 15 is 0 Å². The molecule has 1 N–H and O–H groups in total. The molecule has 0 aliphatic rings. The van der Waals surface area contributed by atoms with Gasteiger partial charge >= 0.3 is 0 Å². The number of anilines is 1. The van der Waals surface area contributed by atoms with Gasteiger partial charge < -0.3 is 9.47 Å². The first-order valence-corrected chi connectivity index (χ1v) is 8.75. The minimum Gasteiger partial charge on any atom is -0.491 e.